The molecular weight excluding hydrogens is 432 g/mol. The Morgan fingerprint density at radius 1 is 1.36 bits per heavy atom. The minimum atomic E-state index is 0.124. The van der Waals surface area contributed by atoms with E-state index in [1.165, 1.54) is 10.4 Å². The maximum absolute atomic E-state index is 9.33. The van der Waals surface area contributed by atoms with Crippen molar-refractivity contribution in [2.45, 2.75) is 39.3 Å². The van der Waals surface area contributed by atoms with E-state index in [1.54, 1.807) is 11.3 Å². The standard InChI is InChI=1S/C25H26N6OS/c1-25(2)11-21-22(23-27-5-6-30(23)15-25)33-24(29-21)31-7-8-32-14-18(31)10-17-13-28-20-4-3-16(12-26)9-19(17)20/h3-6,9,13,18,28H,7-8,10-11,14-15H2,1-2H3/t18-/m0/s1. The number of imidazole rings is 1. The van der Waals surface area contributed by atoms with Crippen molar-refractivity contribution in [2.24, 2.45) is 5.41 Å². The van der Waals surface area contributed by atoms with Crippen molar-refractivity contribution in [3.8, 4) is 16.8 Å². The van der Waals surface area contributed by atoms with Gasteiger partial charge in [0, 0.05) is 42.6 Å². The zero-order chi connectivity index (χ0) is 22.6. The molecule has 2 aliphatic rings. The molecule has 0 spiro atoms. The second-order valence-electron chi connectivity index (χ2n) is 9.80. The topological polar surface area (TPSA) is 82.8 Å². The molecule has 5 heterocycles. The van der Waals surface area contributed by atoms with E-state index in [0.717, 1.165) is 53.5 Å². The first-order valence-electron chi connectivity index (χ1n) is 11.4. The van der Waals surface area contributed by atoms with Gasteiger partial charge in [0.2, 0.25) is 0 Å². The summed E-state index contributed by atoms with van der Waals surface area (Å²) in [5.74, 6) is 1.03. The van der Waals surface area contributed by atoms with Crippen molar-refractivity contribution in [1.82, 2.24) is 19.5 Å². The summed E-state index contributed by atoms with van der Waals surface area (Å²) in [6.45, 7) is 7.74. The highest BCUT2D eigenvalue weighted by atomic mass is 32.1. The van der Waals surface area contributed by atoms with Crippen molar-refractivity contribution < 1.29 is 4.74 Å². The van der Waals surface area contributed by atoms with Gasteiger partial charge >= 0.3 is 0 Å². The Balaban J connectivity index is 1.35. The summed E-state index contributed by atoms with van der Waals surface area (Å²) in [5, 5.41) is 11.5. The number of benzene rings is 1. The Morgan fingerprint density at radius 2 is 2.27 bits per heavy atom. The van der Waals surface area contributed by atoms with E-state index in [9.17, 15) is 5.26 Å². The number of H-pyrrole nitrogens is 1. The van der Waals surface area contributed by atoms with Gasteiger partial charge in [-0.1, -0.05) is 25.2 Å². The number of nitriles is 1. The van der Waals surface area contributed by atoms with Gasteiger partial charge in [-0.15, -0.1) is 0 Å². The normalized spacial score (nSPS) is 19.7. The quantitative estimate of drug-likeness (QED) is 0.492. The molecule has 0 unspecified atom stereocenters. The number of fused-ring (bicyclic) bond motifs is 4. The minimum absolute atomic E-state index is 0.124. The molecule has 3 aromatic heterocycles. The average Bonchev–Trinajstić information content (AvgIpc) is 3.51. The largest absolute Gasteiger partial charge is 0.377 e. The molecule has 0 bridgehead atoms. The van der Waals surface area contributed by atoms with Gasteiger partial charge in [0.15, 0.2) is 11.0 Å². The molecule has 6 rings (SSSR count). The predicted octanol–water partition coefficient (Wildman–Crippen LogP) is 4.39. The van der Waals surface area contributed by atoms with Gasteiger partial charge in [0.05, 0.1) is 41.5 Å². The summed E-state index contributed by atoms with van der Waals surface area (Å²) >= 11 is 1.75. The van der Waals surface area contributed by atoms with Crippen molar-refractivity contribution in [3.63, 3.8) is 0 Å². The van der Waals surface area contributed by atoms with Crippen LogP contribution in [-0.2, 0) is 24.1 Å². The van der Waals surface area contributed by atoms with Gasteiger partial charge in [-0.3, -0.25) is 0 Å². The molecule has 33 heavy (non-hydrogen) atoms. The molecule has 0 radical (unpaired) electrons. The Hall–Kier alpha value is -3.15. The molecule has 1 fully saturated rings. The number of hydrogen-bond acceptors (Lipinski definition) is 6. The fourth-order valence-electron chi connectivity index (χ4n) is 5.12. The van der Waals surface area contributed by atoms with Gasteiger partial charge < -0.3 is 19.2 Å². The average molecular weight is 459 g/mol. The van der Waals surface area contributed by atoms with E-state index >= 15 is 0 Å². The maximum Gasteiger partial charge on any atom is 0.186 e. The van der Waals surface area contributed by atoms with E-state index in [1.807, 2.05) is 24.4 Å². The number of nitrogens with zero attached hydrogens (tertiary/aromatic N) is 5. The van der Waals surface area contributed by atoms with Gasteiger partial charge in [0.25, 0.3) is 0 Å². The number of aromatic amines is 1. The predicted molar refractivity (Wildman–Crippen MR) is 129 cm³/mol. The van der Waals surface area contributed by atoms with Crippen molar-refractivity contribution in [3.05, 3.63) is 53.6 Å². The Bertz CT molecular complexity index is 1370. The van der Waals surface area contributed by atoms with Crippen LogP contribution in [0.15, 0.2) is 36.8 Å². The van der Waals surface area contributed by atoms with Crippen LogP contribution in [0.25, 0.3) is 21.6 Å². The van der Waals surface area contributed by atoms with Gasteiger partial charge in [-0.25, -0.2) is 9.97 Å². The maximum atomic E-state index is 9.33. The minimum Gasteiger partial charge on any atom is -0.377 e. The highest BCUT2D eigenvalue weighted by Gasteiger charge is 2.33. The van der Waals surface area contributed by atoms with Gasteiger partial charge in [0.1, 0.15) is 0 Å². The van der Waals surface area contributed by atoms with Crippen LogP contribution in [0.3, 0.4) is 0 Å². The number of morpholine rings is 1. The van der Waals surface area contributed by atoms with Crippen LogP contribution < -0.4 is 4.90 Å². The molecule has 1 aromatic carbocycles. The van der Waals surface area contributed by atoms with Crippen LogP contribution >= 0.6 is 11.3 Å². The number of hydrogen-bond donors (Lipinski definition) is 1. The third kappa shape index (κ3) is 3.62. The highest BCUT2D eigenvalue weighted by Crippen LogP contribution is 2.41. The first-order valence-corrected chi connectivity index (χ1v) is 12.2. The third-order valence-electron chi connectivity index (χ3n) is 6.67. The number of ether oxygens (including phenoxy) is 1. The molecule has 8 heteroatoms. The van der Waals surface area contributed by atoms with Gasteiger partial charge in [-0.05, 0) is 42.0 Å². The first kappa shape index (κ1) is 20.5. The number of rotatable bonds is 3. The van der Waals surface area contributed by atoms with Crippen molar-refractivity contribution >= 4 is 27.4 Å². The fourth-order valence-corrected chi connectivity index (χ4v) is 6.31. The Labute approximate surface area is 196 Å². The van der Waals surface area contributed by atoms with Crippen LogP contribution in [0, 0.1) is 16.7 Å². The molecule has 1 N–H and O–H groups in total. The van der Waals surface area contributed by atoms with Crippen molar-refractivity contribution in [2.75, 3.05) is 24.7 Å². The summed E-state index contributed by atoms with van der Waals surface area (Å²) < 4.78 is 8.16. The second-order valence-corrected chi connectivity index (χ2v) is 10.8. The number of thiazole rings is 1. The first-order chi connectivity index (χ1) is 16.0. The molecule has 168 valence electrons. The lowest BCUT2D eigenvalue weighted by Crippen LogP contribution is -2.46. The van der Waals surface area contributed by atoms with E-state index in [2.05, 4.69) is 51.7 Å². The van der Waals surface area contributed by atoms with E-state index in [-0.39, 0.29) is 11.5 Å². The molecule has 1 saturated heterocycles. The molecule has 0 saturated carbocycles. The summed E-state index contributed by atoms with van der Waals surface area (Å²) in [6, 6.07) is 8.25. The van der Waals surface area contributed by atoms with Crippen LogP contribution in [0.4, 0.5) is 5.13 Å². The summed E-state index contributed by atoms with van der Waals surface area (Å²) in [4.78, 5) is 16.8. The van der Waals surface area contributed by atoms with E-state index in [0.29, 0.717) is 18.8 Å². The Kier molecular flexibility index (Phi) is 4.78. The van der Waals surface area contributed by atoms with Crippen LogP contribution in [0.1, 0.15) is 30.7 Å². The van der Waals surface area contributed by atoms with Gasteiger partial charge in [-0.2, -0.15) is 5.26 Å². The Morgan fingerprint density at radius 3 is 3.15 bits per heavy atom. The number of anilines is 1. The summed E-state index contributed by atoms with van der Waals surface area (Å²) in [7, 11) is 0. The molecule has 7 nitrogen and oxygen atoms in total. The van der Waals surface area contributed by atoms with Crippen molar-refractivity contribution in [1.29, 1.82) is 5.26 Å². The molecule has 2 aliphatic heterocycles. The van der Waals surface area contributed by atoms with Crippen LogP contribution in [-0.4, -0.2) is 45.3 Å². The lowest BCUT2D eigenvalue weighted by molar-refractivity contribution is 0.0941. The number of nitrogens with one attached hydrogen (secondary N) is 1. The third-order valence-corrected chi connectivity index (χ3v) is 7.80. The van der Waals surface area contributed by atoms with E-state index in [4.69, 9.17) is 9.72 Å². The summed E-state index contributed by atoms with van der Waals surface area (Å²) in [6.07, 6.45) is 7.81. The SMILES string of the molecule is CC1(C)Cc2nc(N3CCOC[C@@H]3Cc3c[nH]c4ccc(C#N)cc34)sc2-c2nccn2C1. The fraction of sp³-hybridized carbons (Fsp3) is 0.400. The summed E-state index contributed by atoms with van der Waals surface area (Å²) in [5.41, 5.74) is 4.22. The zero-order valence-corrected chi connectivity index (χ0v) is 19.7. The zero-order valence-electron chi connectivity index (χ0n) is 18.8. The van der Waals surface area contributed by atoms with Crippen LogP contribution in [0.2, 0.25) is 0 Å². The van der Waals surface area contributed by atoms with Crippen LogP contribution in [0.5, 0.6) is 0 Å². The van der Waals surface area contributed by atoms with E-state index < -0.39 is 0 Å². The number of aromatic nitrogens is 4. The highest BCUT2D eigenvalue weighted by molar-refractivity contribution is 7.19. The molecule has 1 atom stereocenters. The molecule has 0 aliphatic carbocycles. The smallest absolute Gasteiger partial charge is 0.186 e. The lowest BCUT2D eigenvalue weighted by atomic mass is 9.88. The molecular formula is C25H26N6OS. The lowest BCUT2D eigenvalue weighted by Gasteiger charge is -2.35. The second kappa shape index (κ2) is 7.72. The molecule has 4 aromatic rings. The monoisotopic (exact) mass is 458 g/mol. The molecule has 0 amide bonds.